The topological polar surface area (TPSA) is 63.6 Å². The largest absolute Gasteiger partial charge is 0.478 e. The van der Waals surface area contributed by atoms with Crippen LogP contribution in [0.25, 0.3) is 0 Å². The quantitative estimate of drug-likeness (QED) is 0.553. The van der Waals surface area contributed by atoms with Gasteiger partial charge in [0, 0.05) is 6.92 Å². The van der Waals surface area contributed by atoms with E-state index in [1.807, 2.05) is 0 Å². The number of aromatic carboxylic acids is 1. The van der Waals surface area contributed by atoms with Gasteiger partial charge in [0.15, 0.2) is 0 Å². The Hall–Kier alpha value is -1.84. The molecule has 0 saturated heterocycles. The molecule has 0 spiro atoms. The second-order valence-electron chi connectivity index (χ2n) is 2.39. The Morgan fingerprint density at radius 2 is 2.08 bits per heavy atom. The lowest BCUT2D eigenvalue weighted by Gasteiger charge is -2.03. The molecule has 1 aromatic carbocycles. The number of carbonyl (C=O) groups is 2. The summed E-state index contributed by atoms with van der Waals surface area (Å²) in [5.41, 5.74) is -0.0160. The third-order valence-electron chi connectivity index (χ3n) is 1.37. The monoisotopic (exact) mass is 182 g/mol. The van der Waals surface area contributed by atoms with E-state index in [-0.39, 0.29) is 11.3 Å². The molecule has 0 aliphatic carbocycles. The molecule has 0 amide bonds. The van der Waals surface area contributed by atoms with E-state index in [9.17, 15) is 9.59 Å². The lowest BCUT2D eigenvalue weighted by atomic mass is 10.2. The van der Waals surface area contributed by atoms with Gasteiger partial charge in [0.1, 0.15) is 11.3 Å². The van der Waals surface area contributed by atoms with Crippen molar-refractivity contribution in [2.75, 3.05) is 0 Å². The van der Waals surface area contributed by atoms with Crippen LogP contribution >= 0.6 is 0 Å². The van der Waals surface area contributed by atoms with Crippen LogP contribution in [-0.4, -0.2) is 17.0 Å². The predicted molar refractivity (Wildman–Crippen MR) is 44.7 cm³/mol. The van der Waals surface area contributed by atoms with Gasteiger partial charge in [-0.05, 0) is 12.1 Å². The molecule has 0 fully saturated rings. The summed E-state index contributed by atoms with van der Waals surface area (Å²) in [6.07, 6.45) is 0. The maximum absolute atomic E-state index is 10.6. The average Bonchev–Trinajstić information content (AvgIpc) is 2.03. The van der Waals surface area contributed by atoms with Crippen LogP contribution in [0.4, 0.5) is 0 Å². The minimum atomic E-state index is -1.11. The first-order valence-electron chi connectivity index (χ1n) is 3.62. The SMILES string of the molecule is CC(=O)Oc1ccccc1C(=[17O])[17OH]. The summed E-state index contributed by atoms with van der Waals surface area (Å²) in [5, 5.41) is 8.69. The van der Waals surface area contributed by atoms with Gasteiger partial charge in [0.05, 0.1) is 0 Å². The maximum Gasteiger partial charge on any atom is 0.339 e. The van der Waals surface area contributed by atoms with Crippen molar-refractivity contribution >= 4 is 11.9 Å². The average molecular weight is 182 g/mol. The number of rotatable bonds is 2. The van der Waals surface area contributed by atoms with E-state index in [1.54, 1.807) is 12.1 Å². The highest BCUT2D eigenvalue weighted by Gasteiger charge is 2.10. The first kappa shape index (κ1) is 9.25. The fourth-order valence-electron chi connectivity index (χ4n) is 0.887. The van der Waals surface area contributed by atoms with Crippen LogP contribution in [0, 0.1) is 0 Å². The molecular weight excluding hydrogens is 174 g/mol. The minimum Gasteiger partial charge on any atom is -0.478 e. The second kappa shape index (κ2) is 3.71. The molecule has 1 rings (SSSR count). The van der Waals surface area contributed by atoms with Gasteiger partial charge >= 0.3 is 11.9 Å². The van der Waals surface area contributed by atoms with E-state index in [0.717, 1.165) is 0 Å². The molecule has 0 aliphatic heterocycles. The smallest absolute Gasteiger partial charge is 0.339 e. The van der Waals surface area contributed by atoms with Gasteiger partial charge in [0.25, 0.3) is 0 Å². The van der Waals surface area contributed by atoms with Crippen molar-refractivity contribution in [3.63, 3.8) is 0 Å². The molecule has 0 radical (unpaired) electrons. The van der Waals surface area contributed by atoms with Crippen molar-refractivity contribution in [1.29, 1.82) is 0 Å². The Morgan fingerprint density at radius 1 is 1.46 bits per heavy atom. The van der Waals surface area contributed by atoms with E-state index in [2.05, 4.69) is 4.74 Å². The molecule has 68 valence electrons. The van der Waals surface area contributed by atoms with Crippen molar-refractivity contribution in [2.45, 2.75) is 6.92 Å². The zero-order valence-electron chi connectivity index (χ0n) is 6.98. The lowest BCUT2D eigenvalue weighted by molar-refractivity contribution is -0.131. The number of hydrogen-bond acceptors (Lipinski definition) is 3. The van der Waals surface area contributed by atoms with Crippen molar-refractivity contribution in [3.8, 4) is 5.75 Å². The van der Waals surface area contributed by atoms with E-state index in [0.29, 0.717) is 0 Å². The summed E-state index contributed by atoms with van der Waals surface area (Å²) in [6.45, 7) is 1.22. The van der Waals surface area contributed by atoms with Crippen molar-refractivity contribution in [1.82, 2.24) is 0 Å². The molecule has 4 nitrogen and oxygen atoms in total. The molecule has 1 N–H and O–H groups in total. The molecule has 0 bridgehead atoms. The Balaban J connectivity index is 3.04. The predicted octanol–water partition coefficient (Wildman–Crippen LogP) is 1.31. The summed E-state index contributed by atoms with van der Waals surface area (Å²) in [6, 6.07) is 5.98. The Kier molecular flexibility index (Phi) is 2.64. The molecule has 0 saturated carbocycles. The minimum absolute atomic E-state index is 0.0160. The zero-order chi connectivity index (χ0) is 9.84. The van der Waals surface area contributed by atoms with E-state index in [1.165, 1.54) is 19.1 Å². The van der Waals surface area contributed by atoms with Gasteiger partial charge in [-0.3, -0.25) is 4.79 Å². The number of carboxylic acid groups (broad SMARTS) is 1. The van der Waals surface area contributed by atoms with Gasteiger partial charge in [-0.1, -0.05) is 12.1 Å². The fraction of sp³-hybridized carbons (Fsp3) is 0.111. The molecular formula is C9H8O4. The van der Waals surface area contributed by atoms with E-state index in [4.69, 9.17) is 5.11 Å². The Morgan fingerprint density at radius 3 is 2.62 bits per heavy atom. The van der Waals surface area contributed by atoms with E-state index >= 15 is 0 Å². The van der Waals surface area contributed by atoms with Crippen molar-refractivity contribution in [2.24, 2.45) is 0 Å². The number of carbonyl (C=O) groups excluding carboxylic acids is 1. The van der Waals surface area contributed by atoms with Crippen LogP contribution in [-0.2, 0) is 4.79 Å². The highest BCUT2D eigenvalue weighted by Crippen LogP contribution is 2.17. The van der Waals surface area contributed by atoms with Gasteiger partial charge in [-0.2, -0.15) is 0 Å². The van der Waals surface area contributed by atoms with Crippen LogP contribution in [0.2, 0.25) is 0 Å². The van der Waals surface area contributed by atoms with Gasteiger partial charge in [0.2, 0.25) is 0 Å². The number of esters is 1. The van der Waals surface area contributed by atoms with Crippen molar-refractivity contribution in [3.05, 3.63) is 29.8 Å². The highest BCUT2D eigenvalue weighted by atomic mass is 17.3. The van der Waals surface area contributed by atoms with Gasteiger partial charge in [-0.25, -0.2) is 4.79 Å². The van der Waals surface area contributed by atoms with Crippen molar-refractivity contribution < 1.29 is 19.4 Å². The van der Waals surface area contributed by atoms with Crippen LogP contribution < -0.4 is 4.74 Å². The number of para-hydroxylation sites is 1. The summed E-state index contributed by atoms with van der Waals surface area (Å²) in [4.78, 5) is 21.2. The number of benzene rings is 1. The Labute approximate surface area is 74.8 Å². The molecule has 0 unspecified atom stereocenters. The Bertz CT molecular complexity index is 343. The summed E-state index contributed by atoms with van der Waals surface area (Å²) in [5.74, 6) is -1.58. The molecule has 0 aliphatic rings. The lowest BCUT2D eigenvalue weighted by Crippen LogP contribution is -2.06. The first-order chi connectivity index (χ1) is 6.11. The fourth-order valence-corrected chi connectivity index (χ4v) is 0.887. The molecule has 13 heavy (non-hydrogen) atoms. The zero-order valence-corrected chi connectivity index (χ0v) is 6.98. The summed E-state index contributed by atoms with van der Waals surface area (Å²) < 4.78 is 4.69. The molecule has 0 heterocycles. The molecule has 0 atom stereocenters. The van der Waals surface area contributed by atoms with Crippen LogP contribution in [0.1, 0.15) is 17.3 Å². The number of hydrogen-bond donors (Lipinski definition) is 1. The standard InChI is InChI=1S/C9H8O4/c1-6(10)13-8-5-3-2-4-7(8)9(11)12/h2-5H,1H3,(H,11,12)/i11+1,12+1. The van der Waals surface area contributed by atoms with Crippen LogP contribution in [0.3, 0.4) is 0 Å². The maximum atomic E-state index is 10.6. The number of carboxylic acids is 1. The normalized spacial score (nSPS) is 9.31. The molecule has 0 aromatic heterocycles. The van der Waals surface area contributed by atoms with Gasteiger partial charge < -0.3 is 9.84 Å². The van der Waals surface area contributed by atoms with Crippen LogP contribution in [0.15, 0.2) is 24.3 Å². The summed E-state index contributed by atoms with van der Waals surface area (Å²) >= 11 is 0. The van der Waals surface area contributed by atoms with Gasteiger partial charge in [-0.15, -0.1) is 0 Å². The first-order valence-corrected chi connectivity index (χ1v) is 3.62. The summed E-state index contributed by atoms with van der Waals surface area (Å²) in [7, 11) is 0. The van der Waals surface area contributed by atoms with E-state index < -0.39 is 11.9 Å². The molecule has 4 heteroatoms. The molecule has 1 aromatic rings. The third-order valence-corrected chi connectivity index (χ3v) is 1.37. The van der Waals surface area contributed by atoms with Crippen LogP contribution in [0.5, 0.6) is 5.75 Å². The number of ether oxygens (including phenoxy) is 1. The second-order valence-corrected chi connectivity index (χ2v) is 2.39. The third kappa shape index (κ3) is 2.30. The highest BCUT2D eigenvalue weighted by molar-refractivity contribution is 5.91.